The maximum Gasteiger partial charge on any atom is 0.205 e. The summed E-state index contributed by atoms with van der Waals surface area (Å²) in [5.74, 6) is 1.74. The Morgan fingerprint density at radius 3 is 2.65 bits per heavy atom. The van der Waals surface area contributed by atoms with Gasteiger partial charge in [-0.15, -0.1) is 0 Å². The van der Waals surface area contributed by atoms with Gasteiger partial charge in [0.15, 0.2) is 9.84 Å². The van der Waals surface area contributed by atoms with E-state index in [9.17, 15) is 8.42 Å². The molecule has 1 aromatic rings. The Kier molecular flexibility index (Phi) is 3.52. The average Bonchev–Trinajstić information content (AvgIpc) is 3.17. The van der Waals surface area contributed by atoms with E-state index in [0.29, 0.717) is 31.8 Å². The Labute approximate surface area is 124 Å². The van der Waals surface area contributed by atoms with Gasteiger partial charge in [-0.1, -0.05) is 13.8 Å². The van der Waals surface area contributed by atoms with Crippen molar-refractivity contribution in [1.29, 1.82) is 0 Å². The lowest BCUT2D eigenvalue weighted by molar-refractivity contribution is 0.458. The maximum absolute atomic E-state index is 12.4. The summed E-state index contributed by atoms with van der Waals surface area (Å²) in [7, 11) is -3.01. The van der Waals surface area contributed by atoms with Crippen molar-refractivity contribution in [3.8, 4) is 0 Å². The molecule has 0 spiro atoms. The molecule has 112 valence electrons. The van der Waals surface area contributed by atoms with Crippen LogP contribution in [0, 0.1) is 0 Å². The molecule has 5 nitrogen and oxygen atoms in total. The van der Waals surface area contributed by atoms with Gasteiger partial charge in [0.05, 0.1) is 10.5 Å². The van der Waals surface area contributed by atoms with Crippen molar-refractivity contribution in [2.75, 3.05) is 23.7 Å². The first-order valence-electron chi connectivity index (χ1n) is 7.32. The van der Waals surface area contributed by atoms with Crippen molar-refractivity contribution in [3.63, 3.8) is 0 Å². The third-order valence-electron chi connectivity index (χ3n) is 4.70. The highest BCUT2D eigenvalue weighted by molar-refractivity contribution is 7.92. The number of sulfone groups is 1. The molecular formula is C13H21N3O2S2. The van der Waals surface area contributed by atoms with Crippen LogP contribution in [-0.4, -0.2) is 41.4 Å². The number of anilines is 1. The first kappa shape index (κ1) is 14.3. The van der Waals surface area contributed by atoms with Gasteiger partial charge in [-0.05, 0) is 25.7 Å². The molecule has 2 fully saturated rings. The molecule has 1 aliphatic carbocycles. The number of aromatic nitrogens is 2. The molecule has 0 bridgehead atoms. The van der Waals surface area contributed by atoms with Gasteiger partial charge in [-0.25, -0.2) is 13.4 Å². The minimum absolute atomic E-state index is 0.229. The third-order valence-corrected chi connectivity index (χ3v) is 8.24. The molecule has 0 atom stereocenters. The lowest BCUT2D eigenvalue weighted by atomic mass is 10.0. The van der Waals surface area contributed by atoms with Crippen molar-refractivity contribution < 1.29 is 8.42 Å². The van der Waals surface area contributed by atoms with Crippen LogP contribution >= 0.6 is 11.5 Å². The summed E-state index contributed by atoms with van der Waals surface area (Å²) in [4.78, 5) is 6.74. The molecule has 2 aliphatic rings. The van der Waals surface area contributed by atoms with Gasteiger partial charge in [0.1, 0.15) is 5.82 Å². The highest BCUT2D eigenvalue weighted by Gasteiger charge is 2.46. The molecule has 1 aliphatic heterocycles. The fourth-order valence-electron chi connectivity index (χ4n) is 2.91. The predicted octanol–water partition coefficient (Wildman–Crippen LogP) is 2.21. The van der Waals surface area contributed by atoms with Crippen LogP contribution in [0.2, 0.25) is 0 Å². The normalized spacial score (nSPS) is 24.8. The summed E-state index contributed by atoms with van der Waals surface area (Å²) in [5, 5.41) is 0.896. The Bertz CT molecular complexity index is 589. The van der Waals surface area contributed by atoms with Gasteiger partial charge < -0.3 is 4.90 Å². The molecule has 0 amide bonds. The maximum atomic E-state index is 12.4. The van der Waals surface area contributed by atoms with Gasteiger partial charge in [-0.3, -0.25) is 0 Å². The standard InChI is InChI=1S/C13H21N3O2S2/c1-3-13(4-2)9-16(7-8-20(13,17)18)12-14-11(15-19-12)10-5-6-10/h10H,3-9H2,1-2H3. The van der Waals surface area contributed by atoms with Crippen molar-refractivity contribution >= 4 is 26.5 Å². The molecule has 0 radical (unpaired) electrons. The lowest BCUT2D eigenvalue weighted by Crippen LogP contribution is -2.55. The molecule has 1 aromatic heterocycles. The summed E-state index contributed by atoms with van der Waals surface area (Å²) in [5.41, 5.74) is 0. The molecule has 3 rings (SSSR count). The minimum atomic E-state index is -3.01. The van der Waals surface area contributed by atoms with E-state index >= 15 is 0 Å². The Morgan fingerprint density at radius 1 is 1.35 bits per heavy atom. The second kappa shape index (κ2) is 4.94. The summed E-state index contributed by atoms with van der Waals surface area (Å²) >= 11 is 1.42. The highest BCUT2D eigenvalue weighted by Crippen LogP contribution is 2.40. The Morgan fingerprint density at radius 2 is 2.05 bits per heavy atom. The van der Waals surface area contributed by atoms with E-state index in [4.69, 9.17) is 0 Å². The summed E-state index contributed by atoms with van der Waals surface area (Å²) in [6, 6.07) is 0. The van der Waals surface area contributed by atoms with Gasteiger partial charge in [0, 0.05) is 30.5 Å². The van der Waals surface area contributed by atoms with Crippen LogP contribution in [-0.2, 0) is 9.84 Å². The Balaban J connectivity index is 1.84. The van der Waals surface area contributed by atoms with Crippen molar-refractivity contribution in [2.45, 2.75) is 50.2 Å². The molecule has 0 unspecified atom stereocenters. The van der Waals surface area contributed by atoms with E-state index in [1.54, 1.807) is 0 Å². The number of hydrogen-bond donors (Lipinski definition) is 0. The first-order chi connectivity index (χ1) is 9.51. The average molecular weight is 315 g/mol. The monoisotopic (exact) mass is 315 g/mol. The number of hydrogen-bond acceptors (Lipinski definition) is 6. The van der Waals surface area contributed by atoms with Crippen molar-refractivity contribution in [1.82, 2.24) is 9.36 Å². The zero-order chi connectivity index (χ0) is 14.4. The smallest absolute Gasteiger partial charge is 0.205 e. The first-order valence-corrected chi connectivity index (χ1v) is 9.75. The molecule has 7 heteroatoms. The van der Waals surface area contributed by atoms with E-state index in [2.05, 4.69) is 14.3 Å². The SMILES string of the molecule is CCC1(CC)CN(c2nc(C3CC3)ns2)CCS1(=O)=O. The van der Waals surface area contributed by atoms with Crippen LogP contribution in [0.15, 0.2) is 0 Å². The van der Waals surface area contributed by atoms with Crippen LogP contribution < -0.4 is 4.90 Å². The molecule has 1 saturated carbocycles. The van der Waals surface area contributed by atoms with Gasteiger partial charge in [0.25, 0.3) is 0 Å². The van der Waals surface area contributed by atoms with E-state index in [-0.39, 0.29) is 5.75 Å². The lowest BCUT2D eigenvalue weighted by Gasteiger charge is -2.41. The zero-order valence-electron chi connectivity index (χ0n) is 12.0. The predicted molar refractivity (Wildman–Crippen MR) is 81.2 cm³/mol. The molecular weight excluding hydrogens is 294 g/mol. The van der Waals surface area contributed by atoms with Crippen LogP contribution in [0.5, 0.6) is 0 Å². The van der Waals surface area contributed by atoms with Crippen molar-refractivity contribution in [2.24, 2.45) is 0 Å². The highest BCUT2D eigenvalue weighted by atomic mass is 32.2. The summed E-state index contributed by atoms with van der Waals surface area (Å²) < 4.78 is 28.6. The third kappa shape index (κ3) is 2.24. The zero-order valence-corrected chi connectivity index (χ0v) is 13.6. The minimum Gasteiger partial charge on any atom is -0.344 e. The summed E-state index contributed by atoms with van der Waals surface area (Å²) in [6.45, 7) is 5.05. The van der Waals surface area contributed by atoms with E-state index < -0.39 is 14.6 Å². The topological polar surface area (TPSA) is 63.2 Å². The second-order valence-electron chi connectivity index (χ2n) is 5.84. The fourth-order valence-corrected chi connectivity index (χ4v) is 5.81. The van der Waals surface area contributed by atoms with Crippen LogP contribution in [0.4, 0.5) is 5.13 Å². The molecule has 20 heavy (non-hydrogen) atoms. The van der Waals surface area contributed by atoms with E-state index in [1.807, 2.05) is 13.8 Å². The fraction of sp³-hybridized carbons (Fsp3) is 0.846. The number of rotatable bonds is 4. The molecule has 0 aromatic carbocycles. The number of nitrogens with zero attached hydrogens (tertiary/aromatic N) is 3. The van der Waals surface area contributed by atoms with E-state index in [1.165, 1.54) is 24.4 Å². The van der Waals surface area contributed by atoms with Gasteiger partial charge in [-0.2, -0.15) is 4.37 Å². The quantitative estimate of drug-likeness (QED) is 0.852. The van der Waals surface area contributed by atoms with Gasteiger partial charge in [0.2, 0.25) is 5.13 Å². The van der Waals surface area contributed by atoms with E-state index in [0.717, 1.165) is 11.0 Å². The molecule has 0 N–H and O–H groups in total. The van der Waals surface area contributed by atoms with Crippen LogP contribution in [0.25, 0.3) is 0 Å². The molecule has 2 heterocycles. The Hall–Kier alpha value is -0.690. The largest absolute Gasteiger partial charge is 0.344 e. The van der Waals surface area contributed by atoms with Crippen LogP contribution in [0.1, 0.15) is 51.3 Å². The van der Waals surface area contributed by atoms with Crippen LogP contribution in [0.3, 0.4) is 0 Å². The van der Waals surface area contributed by atoms with Gasteiger partial charge >= 0.3 is 0 Å². The van der Waals surface area contributed by atoms with Crippen molar-refractivity contribution in [3.05, 3.63) is 5.82 Å². The second-order valence-corrected chi connectivity index (χ2v) is 9.07. The molecule has 1 saturated heterocycles. The summed E-state index contributed by atoms with van der Waals surface area (Å²) in [6.07, 6.45) is 3.71.